The van der Waals surface area contributed by atoms with E-state index < -0.39 is 0 Å². The van der Waals surface area contributed by atoms with Crippen LogP contribution in [0.2, 0.25) is 0 Å². The van der Waals surface area contributed by atoms with Crippen molar-refractivity contribution >= 4 is 11.6 Å². The normalized spacial score (nSPS) is 18.5. The Kier molecular flexibility index (Phi) is 5.80. The maximum atomic E-state index is 13.0. The van der Waals surface area contributed by atoms with E-state index in [2.05, 4.69) is 44.3 Å². The Labute approximate surface area is 128 Å². The van der Waals surface area contributed by atoms with Gasteiger partial charge in [0.05, 0.1) is 6.04 Å². The summed E-state index contributed by atoms with van der Waals surface area (Å²) >= 11 is 0. The first-order valence-electron chi connectivity index (χ1n) is 8.26. The average molecular weight is 288 g/mol. The lowest BCUT2D eigenvalue weighted by atomic mass is 10.0. The molecular formula is C18H28N2O. The number of hydrogen-bond donors (Lipinski definition) is 1. The number of benzene rings is 1. The third-order valence-corrected chi connectivity index (χ3v) is 4.32. The van der Waals surface area contributed by atoms with Crippen molar-refractivity contribution in [3.05, 3.63) is 29.3 Å². The van der Waals surface area contributed by atoms with Crippen molar-refractivity contribution in [2.75, 3.05) is 18.0 Å². The molecule has 0 bridgehead atoms. The molecule has 1 aromatic carbocycles. The van der Waals surface area contributed by atoms with Crippen molar-refractivity contribution in [3.63, 3.8) is 0 Å². The number of carbonyl (C=O) groups excluding carboxylic acids is 1. The van der Waals surface area contributed by atoms with E-state index in [1.165, 1.54) is 17.5 Å². The van der Waals surface area contributed by atoms with Gasteiger partial charge in [-0.3, -0.25) is 4.79 Å². The predicted octanol–water partition coefficient (Wildman–Crippen LogP) is 3.58. The molecule has 1 amide bonds. The molecule has 3 heteroatoms. The fraction of sp³-hybridized carbons (Fsp3) is 0.611. The highest BCUT2D eigenvalue weighted by atomic mass is 16.2. The minimum atomic E-state index is -0.00499. The van der Waals surface area contributed by atoms with Crippen LogP contribution in [0.5, 0.6) is 0 Å². The highest BCUT2D eigenvalue weighted by Crippen LogP contribution is 2.26. The van der Waals surface area contributed by atoms with Crippen LogP contribution in [0.25, 0.3) is 0 Å². The number of aryl methyl sites for hydroxylation is 2. The molecule has 1 fully saturated rings. The maximum Gasteiger partial charge on any atom is 0.244 e. The molecule has 0 spiro atoms. The first-order valence-corrected chi connectivity index (χ1v) is 8.26. The first kappa shape index (κ1) is 16.0. The molecule has 1 N–H and O–H groups in total. The summed E-state index contributed by atoms with van der Waals surface area (Å²) in [5, 5.41) is 3.39. The molecule has 2 rings (SSSR count). The van der Waals surface area contributed by atoms with Crippen LogP contribution in [0.1, 0.15) is 50.2 Å². The van der Waals surface area contributed by atoms with E-state index in [1.54, 1.807) is 0 Å². The van der Waals surface area contributed by atoms with E-state index in [-0.39, 0.29) is 11.9 Å². The molecule has 3 nitrogen and oxygen atoms in total. The van der Waals surface area contributed by atoms with Gasteiger partial charge in [-0.2, -0.15) is 0 Å². The van der Waals surface area contributed by atoms with Crippen LogP contribution in [-0.4, -0.2) is 25.0 Å². The largest absolute Gasteiger partial charge is 0.311 e. The zero-order valence-corrected chi connectivity index (χ0v) is 13.6. The van der Waals surface area contributed by atoms with Crippen LogP contribution in [-0.2, 0) is 4.79 Å². The Morgan fingerprint density at radius 3 is 2.57 bits per heavy atom. The van der Waals surface area contributed by atoms with E-state index in [1.807, 2.05) is 4.90 Å². The number of unbranched alkanes of at least 4 members (excludes halogenated alkanes) is 1. The maximum absolute atomic E-state index is 13.0. The summed E-state index contributed by atoms with van der Waals surface area (Å²) in [4.78, 5) is 15.0. The quantitative estimate of drug-likeness (QED) is 0.898. The molecule has 0 radical (unpaired) electrons. The lowest BCUT2D eigenvalue weighted by Gasteiger charge is -2.32. The summed E-state index contributed by atoms with van der Waals surface area (Å²) in [6.45, 7) is 8.15. The number of anilines is 1. The average Bonchev–Trinajstić information content (AvgIpc) is 2.50. The molecule has 0 aliphatic carbocycles. The highest BCUT2D eigenvalue weighted by molar-refractivity contribution is 5.98. The van der Waals surface area contributed by atoms with Gasteiger partial charge >= 0.3 is 0 Å². The molecule has 0 aromatic heterocycles. The Bertz CT molecular complexity index is 458. The molecule has 1 atom stereocenters. The van der Waals surface area contributed by atoms with Crippen molar-refractivity contribution in [2.24, 2.45) is 0 Å². The number of nitrogens with one attached hydrogen (secondary N) is 1. The van der Waals surface area contributed by atoms with Crippen molar-refractivity contribution in [1.29, 1.82) is 0 Å². The number of rotatable bonds is 5. The Balaban J connectivity index is 2.26. The van der Waals surface area contributed by atoms with E-state index in [9.17, 15) is 4.79 Å². The van der Waals surface area contributed by atoms with E-state index in [4.69, 9.17) is 0 Å². The van der Waals surface area contributed by atoms with Gasteiger partial charge in [0.15, 0.2) is 0 Å². The molecule has 0 saturated carbocycles. The standard InChI is InChI=1S/C18H28N2O/c1-4-5-13-20(17-14(2)9-8-10-15(17)3)18(21)16-11-6-7-12-19-16/h8-10,16,19H,4-7,11-13H2,1-3H3. The van der Waals surface area contributed by atoms with E-state index >= 15 is 0 Å². The summed E-state index contributed by atoms with van der Waals surface area (Å²) in [7, 11) is 0. The van der Waals surface area contributed by atoms with Crippen molar-refractivity contribution in [3.8, 4) is 0 Å². The van der Waals surface area contributed by atoms with Crippen LogP contribution in [0.15, 0.2) is 18.2 Å². The molecule has 1 aliphatic rings. The van der Waals surface area contributed by atoms with Gasteiger partial charge in [-0.1, -0.05) is 38.0 Å². The van der Waals surface area contributed by atoms with Crippen LogP contribution >= 0.6 is 0 Å². The van der Waals surface area contributed by atoms with E-state index in [0.29, 0.717) is 0 Å². The fourth-order valence-electron chi connectivity index (χ4n) is 3.13. The zero-order valence-electron chi connectivity index (χ0n) is 13.6. The van der Waals surface area contributed by atoms with Gasteiger partial charge in [-0.25, -0.2) is 0 Å². The highest BCUT2D eigenvalue weighted by Gasteiger charge is 2.27. The van der Waals surface area contributed by atoms with Gasteiger partial charge in [0.2, 0.25) is 5.91 Å². The molecular weight excluding hydrogens is 260 g/mol. The SMILES string of the molecule is CCCCN(C(=O)C1CCCCN1)c1c(C)cccc1C. The van der Waals surface area contributed by atoms with Crippen LogP contribution in [0.3, 0.4) is 0 Å². The predicted molar refractivity (Wildman–Crippen MR) is 88.8 cm³/mol. The van der Waals surface area contributed by atoms with Gasteiger partial charge in [0, 0.05) is 12.2 Å². The fourth-order valence-corrected chi connectivity index (χ4v) is 3.13. The monoisotopic (exact) mass is 288 g/mol. The minimum Gasteiger partial charge on any atom is -0.311 e. The third kappa shape index (κ3) is 3.85. The molecule has 21 heavy (non-hydrogen) atoms. The molecule has 1 aromatic rings. The summed E-state index contributed by atoms with van der Waals surface area (Å²) in [6.07, 6.45) is 5.45. The third-order valence-electron chi connectivity index (χ3n) is 4.32. The summed E-state index contributed by atoms with van der Waals surface area (Å²) in [5.41, 5.74) is 3.49. The number of nitrogens with zero attached hydrogens (tertiary/aromatic N) is 1. The Morgan fingerprint density at radius 1 is 1.29 bits per heavy atom. The molecule has 1 aliphatic heterocycles. The van der Waals surface area contributed by atoms with Gasteiger partial charge in [0.25, 0.3) is 0 Å². The lowest BCUT2D eigenvalue weighted by molar-refractivity contribution is -0.121. The topological polar surface area (TPSA) is 32.3 Å². The number of hydrogen-bond acceptors (Lipinski definition) is 2. The van der Waals surface area contributed by atoms with Crippen molar-refractivity contribution in [1.82, 2.24) is 5.32 Å². The number of piperidine rings is 1. The summed E-state index contributed by atoms with van der Waals surface area (Å²) in [6, 6.07) is 6.26. The zero-order chi connectivity index (χ0) is 15.2. The Hall–Kier alpha value is -1.35. The number of carbonyl (C=O) groups is 1. The minimum absolute atomic E-state index is 0.00499. The summed E-state index contributed by atoms with van der Waals surface area (Å²) < 4.78 is 0. The van der Waals surface area contributed by atoms with E-state index in [0.717, 1.165) is 44.5 Å². The van der Waals surface area contributed by atoms with Crippen molar-refractivity contribution in [2.45, 2.75) is 58.9 Å². The Morgan fingerprint density at radius 2 is 2.00 bits per heavy atom. The van der Waals surface area contributed by atoms with Gasteiger partial charge in [-0.05, 0) is 50.8 Å². The molecule has 1 saturated heterocycles. The summed E-state index contributed by atoms with van der Waals surface area (Å²) in [5.74, 6) is 0.251. The van der Waals surface area contributed by atoms with Gasteiger partial charge in [-0.15, -0.1) is 0 Å². The van der Waals surface area contributed by atoms with Gasteiger partial charge < -0.3 is 10.2 Å². The second kappa shape index (κ2) is 7.60. The van der Waals surface area contributed by atoms with Gasteiger partial charge in [0.1, 0.15) is 0 Å². The first-order chi connectivity index (χ1) is 10.1. The number of amides is 1. The molecule has 116 valence electrons. The number of para-hydroxylation sites is 1. The molecule has 1 heterocycles. The second-order valence-electron chi connectivity index (χ2n) is 6.09. The van der Waals surface area contributed by atoms with Crippen LogP contribution in [0, 0.1) is 13.8 Å². The second-order valence-corrected chi connectivity index (χ2v) is 6.09. The smallest absolute Gasteiger partial charge is 0.244 e. The van der Waals surface area contributed by atoms with Crippen LogP contribution < -0.4 is 10.2 Å². The van der Waals surface area contributed by atoms with Crippen molar-refractivity contribution < 1.29 is 4.79 Å². The van der Waals surface area contributed by atoms with Crippen LogP contribution in [0.4, 0.5) is 5.69 Å². The molecule has 1 unspecified atom stereocenters. The lowest BCUT2D eigenvalue weighted by Crippen LogP contribution is -2.49.